The summed E-state index contributed by atoms with van der Waals surface area (Å²) in [7, 11) is 0. The van der Waals surface area contributed by atoms with Crippen LogP contribution in [0.4, 0.5) is 0 Å². The smallest absolute Gasteiger partial charge is 0.330 e. The van der Waals surface area contributed by atoms with Crippen LogP contribution in [-0.2, 0) is 19.1 Å². The van der Waals surface area contributed by atoms with Gasteiger partial charge in [0, 0.05) is 18.1 Å². The van der Waals surface area contributed by atoms with Gasteiger partial charge in [0.2, 0.25) is 0 Å². The normalized spacial score (nSPS) is 10.9. The van der Waals surface area contributed by atoms with Gasteiger partial charge >= 0.3 is 11.9 Å². The lowest BCUT2D eigenvalue weighted by Crippen LogP contribution is -2.19. The van der Waals surface area contributed by atoms with Crippen molar-refractivity contribution in [2.75, 3.05) is 26.4 Å². The highest BCUT2D eigenvalue weighted by Crippen LogP contribution is 2.41. The van der Waals surface area contributed by atoms with Gasteiger partial charge in [0.25, 0.3) is 0 Å². The molecule has 6 nitrogen and oxygen atoms in total. The highest BCUT2D eigenvalue weighted by Gasteiger charge is 2.28. The summed E-state index contributed by atoms with van der Waals surface area (Å²) in [6.07, 6.45) is 2.25. The predicted molar refractivity (Wildman–Crippen MR) is 127 cm³/mol. The third kappa shape index (κ3) is 8.48. The van der Waals surface area contributed by atoms with Gasteiger partial charge in [0.15, 0.2) is 0 Å². The van der Waals surface area contributed by atoms with E-state index >= 15 is 0 Å². The Balaban J connectivity index is 2.01. The predicted octanol–water partition coefficient (Wildman–Crippen LogP) is 5.08. The van der Waals surface area contributed by atoms with E-state index in [9.17, 15) is 9.59 Å². The first-order valence-electron chi connectivity index (χ1n) is 10.8. The molecular formula is C27H32O6. The molecule has 0 radical (unpaired) electrons. The number of benzene rings is 2. The van der Waals surface area contributed by atoms with Crippen molar-refractivity contribution < 1.29 is 28.5 Å². The Hall–Kier alpha value is -3.54. The Morgan fingerprint density at radius 1 is 0.727 bits per heavy atom. The second kappa shape index (κ2) is 12.5. The van der Waals surface area contributed by atoms with Crippen LogP contribution in [0.5, 0.6) is 11.5 Å². The van der Waals surface area contributed by atoms with Crippen molar-refractivity contribution in [3.8, 4) is 11.5 Å². The zero-order valence-corrected chi connectivity index (χ0v) is 19.5. The fourth-order valence-electron chi connectivity index (χ4n) is 3.43. The van der Waals surface area contributed by atoms with Gasteiger partial charge in [0.1, 0.15) is 37.9 Å². The standard InChI is InChI=1S/C27H32O6/c1-6-24(28)32-18-16-30-22-12-8-20(9-13-22)26(27(3,4)5)21-10-14-23(15-11-21)31-17-19-33-25(29)7-2/h6-15,26H,1-2,16-19H2,3-5H3. The van der Waals surface area contributed by atoms with E-state index in [1.54, 1.807) is 0 Å². The molecule has 0 aliphatic carbocycles. The fraction of sp³-hybridized carbons (Fsp3) is 0.333. The van der Waals surface area contributed by atoms with Crippen molar-refractivity contribution in [2.45, 2.75) is 26.7 Å². The molecule has 0 unspecified atom stereocenters. The molecule has 6 heteroatoms. The van der Waals surface area contributed by atoms with Crippen molar-refractivity contribution in [3.63, 3.8) is 0 Å². The first-order chi connectivity index (χ1) is 15.7. The van der Waals surface area contributed by atoms with Crippen LogP contribution in [0.15, 0.2) is 73.8 Å². The highest BCUT2D eigenvalue weighted by atomic mass is 16.6. The topological polar surface area (TPSA) is 71.1 Å². The molecule has 2 rings (SSSR count). The van der Waals surface area contributed by atoms with Crippen LogP contribution in [-0.4, -0.2) is 38.4 Å². The van der Waals surface area contributed by atoms with Crippen LogP contribution >= 0.6 is 0 Å². The molecule has 0 saturated heterocycles. The monoisotopic (exact) mass is 452 g/mol. The second-order valence-corrected chi connectivity index (χ2v) is 8.38. The van der Waals surface area contributed by atoms with E-state index in [-0.39, 0.29) is 37.8 Å². The SMILES string of the molecule is C=CC(=O)OCCOc1ccc(C(c2ccc(OCCOC(=O)C=C)cc2)C(C)(C)C)cc1. The van der Waals surface area contributed by atoms with E-state index in [1.807, 2.05) is 24.3 Å². The van der Waals surface area contributed by atoms with Crippen molar-refractivity contribution in [1.82, 2.24) is 0 Å². The average Bonchev–Trinajstić information content (AvgIpc) is 2.80. The number of hydrogen-bond acceptors (Lipinski definition) is 6. The third-order valence-corrected chi connectivity index (χ3v) is 4.82. The van der Waals surface area contributed by atoms with E-state index < -0.39 is 11.9 Å². The van der Waals surface area contributed by atoms with Crippen LogP contribution < -0.4 is 9.47 Å². The number of carbonyl (C=O) groups excluding carboxylic acids is 2. The Labute approximate surface area is 195 Å². The van der Waals surface area contributed by atoms with Gasteiger partial charge in [-0.05, 0) is 40.8 Å². The Bertz CT molecular complexity index is 851. The Morgan fingerprint density at radius 2 is 1.09 bits per heavy atom. The maximum absolute atomic E-state index is 11.1. The molecule has 0 atom stereocenters. The molecular weight excluding hydrogens is 420 g/mol. The summed E-state index contributed by atoms with van der Waals surface area (Å²) in [5, 5.41) is 0. The van der Waals surface area contributed by atoms with Gasteiger partial charge in [-0.1, -0.05) is 58.2 Å². The lowest BCUT2D eigenvalue weighted by Gasteiger charge is -2.32. The van der Waals surface area contributed by atoms with Crippen molar-refractivity contribution in [2.24, 2.45) is 5.41 Å². The molecule has 176 valence electrons. The van der Waals surface area contributed by atoms with Gasteiger partial charge in [-0.3, -0.25) is 0 Å². The molecule has 2 aromatic rings. The minimum Gasteiger partial charge on any atom is -0.490 e. The maximum atomic E-state index is 11.1. The van der Waals surface area contributed by atoms with E-state index in [4.69, 9.17) is 18.9 Å². The van der Waals surface area contributed by atoms with Crippen LogP contribution in [0.3, 0.4) is 0 Å². The van der Waals surface area contributed by atoms with E-state index in [1.165, 1.54) is 0 Å². The van der Waals surface area contributed by atoms with Crippen molar-refractivity contribution in [3.05, 3.63) is 85.0 Å². The van der Waals surface area contributed by atoms with E-state index in [0.29, 0.717) is 11.5 Å². The van der Waals surface area contributed by atoms with Crippen LogP contribution in [0.25, 0.3) is 0 Å². The lowest BCUT2D eigenvalue weighted by molar-refractivity contribution is -0.139. The Kier molecular flexibility index (Phi) is 9.73. The molecule has 2 aromatic carbocycles. The largest absolute Gasteiger partial charge is 0.490 e. The molecule has 0 N–H and O–H groups in total. The van der Waals surface area contributed by atoms with Crippen molar-refractivity contribution in [1.29, 1.82) is 0 Å². The number of ether oxygens (including phenoxy) is 4. The number of rotatable bonds is 12. The second-order valence-electron chi connectivity index (χ2n) is 8.38. The summed E-state index contributed by atoms with van der Waals surface area (Å²) in [6.45, 7) is 14.2. The molecule has 0 aliphatic rings. The van der Waals surface area contributed by atoms with E-state index in [0.717, 1.165) is 23.3 Å². The first-order valence-corrected chi connectivity index (χ1v) is 10.8. The summed E-state index contributed by atoms with van der Waals surface area (Å²) in [5.41, 5.74) is 2.30. The fourth-order valence-corrected chi connectivity index (χ4v) is 3.43. The zero-order valence-electron chi connectivity index (χ0n) is 19.5. The van der Waals surface area contributed by atoms with Crippen molar-refractivity contribution >= 4 is 11.9 Å². The zero-order chi connectivity index (χ0) is 24.3. The van der Waals surface area contributed by atoms with Gasteiger partial charge in [-0.15, -0.1) is 0 Å². The maximum Gasteiger partial charge on any atom is 0.330 e. The van der Waals surface area contributed by atoms with Crippen LogP contribution in [0, 0.1) is 5.41 Å². The van der Waals surface area contributed by atoms with Gasteiger partial charge in [-0.25, -0.2) is 9.59 Å². The van der Waals surface area contributed by atoms with Crippen LogP contribution in [0.1, 0.15) is 37.8 Å². The molecule has 0 aromatic heterocycles. The molecule has 33 heavy (non-hydrogen) atoms. The number of hydrogen-bond donors (Lipinski definition) is 0. The molecule has 0 spiro atoms. The summed E-state index contributed by atoms with van der Waals surface area (Å²) in [4.78, 5) is 22.1. The van der Waals surface area contributed by atoms with Gasteiger partial charge in [-0.2, -0.15) is 0 Å². The van der Waals surface area contributed by atoms with Gasteiger partial charge < -0.3 is 18.9 Å². The Morgan fingerprint density at radius 3 is 1.39 bits per heavy atom. The van der Waals surface area contributed by atoms with Gasteiger partial charge in [0.05, 0.1) is 0 Å². The third-order valence-electron chi connectivity index (χ3n) is 4.82. The molecule has 0 heterocycles. The summed E-state index contributed by atoms with van der Waals surface area (Å²) in [6, 6.07) is 15.9. The molecule has 0 amide bonds. The summed E-state index contributed by atoms with van der Waals surface area (Å²) in [5.74, 6) is 0.649. The molecule has 0 saturated carbocycles. The number of esters is 2. The lowest BCUT2D eigenvalue weighted by atomic mass is 9.72. The number of carbonyl (C=O) groups is 2. The molecule has 0 bridgehead atoms. The molecule has 0 aliphatic heterocycles. The molecule has 0 fully saturated rings. The van der Waals surface area contributed by atoms with Crippen LogP contribution in [0.2, 0.25) is 0 Å². The minimum atomic E-state index is -0.463. The highest BCUT2D eigenvalue weighted by molar-refractivity contribution is 5.81. The summed E-state index contributed by atoms with van der Waals surface area (Å²) < 4.78 is 21.1. The minimum absolute atomic E-state index is 0.0253. The quantitative estimate of drug-likeness (QED) is 0.254. The van der Waals surface area contributed by atoms with E-state index in [2.05, 4.69) is 58.2 Å². The summed E-state index contributed by atoms with van der Waals surface area (Å²) >= 11 is 0. The average molecular weight is 453 g/mol. The first kappa shape index (κ1) is 25.7.